The van der Waals surface area contributed by atoms with E-state index in [4.69, 9.17) is 10.5 Å². The maximum atomic E-state index is 5.69. The summed E-state index contributed by atoms with van der Waals surface area (Å²) in [5, 5.41) is 0.599. The molecule has 0 fully saturated rings. The Labute approximate surface area is 94.7 Å². The zero-order valence-corrected chi connectivity index (χ0v) is 9.88. The van der Waals surface area contributed by atoms with E-state index < -0.39 is 0 Å². The van der Waals surface area contributed by atoms with Gasteiger partial charge in [0.2, 0.25) is 0 Å². The molecule has 0 amide bonds. The van der Waals surface area contributed by atoms with Gasteiger partial charge in [0, 0.05) is 0 Å². The van der Waals surface area contributed by atoms with Gasteiger partial charge in [-0.3, -0.25) is 0 Å². The predicted molar refractivity (Wildman–Crippen MR) is 67.0 cm³/mol. The number of nitrogens with zero attached hydrogens (tertiary/aromatic N) is 1. The Hall–Kier alpha value is -1.16. The number of amidine groups is 1. The largest absolute Gasteiger partial charge is 0.494 e. The van der Waals surface area contributed by atoms with Crippen molar-refractivity contribution in [1.82, 2.24) is 0 Å². The van der Waals surface area contributed by atoms with E-state index in [9.17, 15) is 0 Å². The summed E-state index contributed by atoms with van der Waals surface area (Å²) in [5.74, 6) is 1.80. The Kier molecular flexibility index (Phi) is 5.04. The molecule has 82 valence electrons. The van der Waals surface area contributed by atoms with Crippen molar-refractivity contribution in [2.45, 2.75) is 13.8 Å². The third-order valence-corrected chi connectivity index (χ3v) is 2.35. The molecule has 0 aliphatic rings. The van der Waals surface area contributed by atoms with E-state index in [1.165, 1.54) is 11.8 Å². The van der Waals surface area contributed by atoms with Crippen LogP contribution >= 0.6 is 11.8 Å². The second-order valence-corrected chi connectivity index (χ2v) is 4.09. The van der Waals surface area contributed by atoms with E-state index in [0.717, 1.165) is 17.2 Å². The monoisotopic (exact) mass is 224 g/mol. The molecule has 0 saturated carbocycles. The zero-order valence-electron chi connectivity index (χ0n) is 9.06. The van der Waals surface area contributed by atoms with E-state index in [-0.39, 0.29) is 0 Å². The molecule has 0 spiro atoms. The topological polar surface area (TPSA) is 47.6 Å². The van der Waals surface area contributed by atoms with Gasteiger partial charge in [0.05, 0.1) is 12.3 Å². The fourth-order valence-corrected chi connectivity index (χ4v) is 1.56. The Morgan fingerprint density at radius 1 is 1.33 bits per heavy atom. The fraction of sp³-hybridized carbons (Fsp3) is 0.364. The van der Waals surface area contributed by atoms with Crippen molar-refractivity contribution < 1.29 is 4.74 Å². The first-order valence-electron chi connectivity index (χ1n) is 4.96. The quantitative estimate of drug-likeness (QED) is 0.632. The van der Waals surface area contributed by atoms with Crippen molar-refractivity contribution >= 4 is 22.6 Å². The minimum absolute atomic E-state index is 0.599. The molecule has 0 radical (unpaired) electrons. The summed E-state index contributed by atoms with van der Waals surface area (Å²) < 4.78 is 5.33. The fourth-order valence-electron chi connectivity index (χ4n) is 1.09. The lowest BCUT2D eigenvalue weighted by molar-refractivity contribution is 0.340. The van der Waals surface area contributed by atoms with Gasteiger partial charge < -0.3 is 10.5 Å². The molecule has 0 heterocycles. The van der Waals surface area contributed by atoms with Gasteiger partial charge in [-0.25, -0.2) is 4.99 Å². The molecule has 0 aliphatic carbocycles. The number of nitrogens with two attached hydrogens (primary N) is 1. The highest BCUT2D eigenvalue weighted by atomic mass is 32.2. The lowest BCUT2D eigenvalue weighted by Gasteiger charge is -2.02. The highest BCUT2D eigenvalue weighted by Crippen LogP contribution is 2.19. The summed E-state index contributed by atoms with van der Waals surface area (Å²) in [6.07, 6.45) is 0. The number of thioether (sulfide) groups is 1. The van der Waals surface area contributed by atoms with E-state index in [0.29, 0.717) is 11.8 Å². The molecule has 3 nitrogen and oxygen atoms in total. The van der Waals surface area contributed by atoms with Crippen LogP contribution in [0.15, 0.2) is 29.3 Å². The van der Waals surface area contributed by atoms with Crippen molar-refractivity contribution in [3.05, 3.63) is 24.3 Å². The lowest BCUT2D eigenvalue weighted by Crippen LogP contribution is -2.05. The Balaban J connectivity index is 2.67. The first-order valence-corrected chi connectivity index (χ1v) is 5.94. The van der Waals surface area contributed by atoms with Gasteiger partial charge in [-0.2, -0.15) is 0 Å². The molecule has 0 bridgehead atoms. The number of hydrogen-bond donors (Lipinski definition) is 1. The standard InChI is InChI=1S/C11H16N2OS/c1-3-14-10-7-5-9(6-8-10)13-11(12)15-4-2/h5-8H,3-4H2,1-2H3,(H2,12,13). The minimum atomic E-state index is 0.599. The lowest BCUT2D eigenvalue weighted by atomic mass is 10.3. The molecular formula is C11H16N2OS. The van der Waals surface area contributed by atoms with Crippen molar-refractivity contribution in [3.8, 4) is 5.75 Å². The Bertz CT molecular complexity index is 322. The van der Waals surface area contributed by atoms with Crippen LogP contribution in [0.3, 0.4) is 0 Å². The van der Waals surface area contributed by atoms with Gasteiger partial charge >= 0.3 is 0 Å². The van der Waals surface area contributed by atoms with E-state index in [2.05, 4.69) is 4.99 Å². The second kappa shape index (κ2) is 6.35. The molecule has 0 aliphatic heterocycles. The summed E-state index contributed by atoms with van der Waals surface area (Å²) >= 11 is 1.54. The van der Waals surface area contributed by atoms with Crippen LogP contribution < -0.4 is 10.5 Å². The minimum Gasteiger partial charge on any atom is -0.494 e. The Morgan fingerprint density at radius 3 is 2.53 bits per heavy atom. The molecular weight excluding hydrogens is 208 g/mol. The van der Waals surface area contributed by atoms with Crippen molar-refractivity contribution in [2.75, 3.05) is 12.4 Å². The number of benzene rings is 1. The SMILES string of the molecule is CCOc1ccc(N=C(N)SCC)cc1. The van der Waals surface area contributed by atoms with Crippen LogP contribution in [-0.4, -0.2) is 17.5 Å². The highest BCUT2D eigenvalue weighted by Gasteiger charge is 1.95. The molecule has 0 saturated heterocycles. The Morgan fingerprint density at radius 2 is 2.00 bits per heavy atom. The number of aliphatic imine (C=N–C) groups is 1. The number of rotatable bonds is 4. The first kappa shape index (κ1) is 11.9. The third-order valence-electron chi connectivity index (χ3n) is 1.68. The summed E-state index contributed by atoms with van der Waals surface area (Å²) in [7, 11) is 0. The molecule has 0 unspecified atom stereocenters. The average Bonchev–Trinajstić information content (AvgIpc) is 2.22. The summed E-state index contributed by atoms with van der Waals surface area (Å²) in [6.45, 7) is 4.68. The van der Waals surface area contributed by atoms with Gasteiger partial charge in [0.15, 0.2) is 5.17 Å². The van der Waals surface area contributed by atoms with Crippen LogP contribution in [0.2, 0.25) is 0 Å². The van der Waals surface area contributed by atoms with Gasteiger partial charge in [-0.1, -0.05) is 18.7 Å². The normalized spacial score (nSPS) is 11.5. The van der Waals surface area contributed by atoms with E-state index >= 15 is 0 Å². The van der Waals surface area contributed by atoms with Crippen molar-refractivity contribution in [3.63, 3.8) is 0 Å². The van der Waals surface area contributed by atoms with Crippen LogP contribution in [0.1, 0.15) is 13.8 Å². The van der Waals surface area contributed by atoms with E-state index in [1.54, 1.807) is 0 Å². The van der Waals surface area contributed by atoms with Gasteiger partial charge in [-0.15, -0.1) is 0 Å². The molecule has 4 heteroatoms. The van der Waals surface area contributed by atoms with E-state index in [1.807, 2.05) is 38.1 Å². The van der Waals surface area contributed by atoms with Crippen molar-refractivity contribution in [2.24, 2.45) is 10.7 Å². The molecule has 2 N–H and O–H groups in total. The van der Waals surface area contributed by atoms with Crippen LogP contribution in [0.4, 0.5) is 5.69 Å². The van der Waals surface area contributed by atoms with Crippen LogP contribution in [0.5, 0.6) is 5.75 Å². The van der Waals surface area contributed by atoms with Crippen molar-refractivity contribution in [1.29, 1.82) is 0 Å². The molecule has 0 aromatic heterocycles. The molecule has 0 atom stereocenters. The van der Waals surface area contributed by atoms with Crippen LogP contribution in [0, 0.1) is 0 Å². The molecule has 1 aromatic rings. The molecule has 1 aromatic carbocycles. The van der Waals surface area contributed by atoms with Gasteiger partial charge in [-0.05, 0) is 36.9 Å². The summed E-state index contributed by atoms with van der Waals surface area (Å²) in [5.41, 5.74) is 6.55. The highest BCUT2D eigenvalue weighted by molar-refractivity contribution is 8.13. The second-order valence-electron chi connectivity index (χ2n) is 2.81. The smallest absolute Gasteiger partial charge is 0.159 e. The average molecular weight is 224 g/mol. The van der Waals surface area contributed by atoms with Gasteiger partial charge in [0.25, 0.3) is 0 Å². The van der Waals surface area contributed by atoms with Crippen LogP contribution in [-0.2, 0) is 0 Å². The summed E-state index contributed by atoms with van der Waals surface area (Å²) in [6, 6.07) is 7.58. The molecule has 15 heavy (non-hydrogen) atoms. The summed E-state index contributed by atoms with van der Waals surface area (Å²) in [4.78, 5) is 4.25. The maximum Gasteiger partial charge on any atom is 0.159 e. The first-order chi connectivity index (χ1) is 7.26. The van der Waals surface area contributed by atoms with Gasteiger partial charge in [0.1, 0.15) is 5.75 Å². The zero-order chi connectivity index (χ0) is 11.1. The number of ether oxygens (including phenoxy) is 1. The third kappa shape index (κ3) is 4.25. The maximum absolute atomic E-state index is 5.69. The molecule has 1 rings (SSSR count). The predicted octanol–water partition coefficient (Wildman–Crippen LogP) is 2.78. The van der Waals surface area contributed by atoms with Crippen LogP contribution in [0.25, 0.3) is 0 Å². The number of hydrogen-bond acceptors (Lipinski definition) is 3.